The van der Waals surface area contributed by atoms with Crippen molar-refractivity contribution in [3.8, 4) is 33.8 Å². The van der Waals surface area contributed by atoms with Crippen LogP contribution in [-0.4, -0.2) is 48.0 Å². The minimum absolute atomic E-state index is 0.0360. The Morgan fingerprint density at radius 3 is 1.44 bits per heavy atom. The van der Waals surface area contributed by atoms with E-state index in [4.69, 9.17) is 46.3 Å². The van der Waals surface area contributed by atoms with Crippen LogP contribution in [0.25, 0.3) is 50.1 Å². The van der Waals surface area contributed by atoms with Gasteiger partial charge < -0.3 is 33.0 Å². The van der Waals surface area contributed by atoms with Crippen LogP contribution in [0.2, 0.25) is 36.3 Å². The SMILES string of the molecule is C/C=C(\O[Si](C)(C)C(C)(C)C)c1ccccc1-c1ccc2nc(COc3ccc(C(F)(F)F)cc3)[nH]c2c1.CC1OC1(O[Si](C)(C)C(C)(C)C)c1ccccc1-c1ccc2nc(COc3ccc(C(F)(F)F)cc3)[nH]c2c1.ClCCl. The molecular formula is C61H68Cl2F6N4O5Si2. The zero-order valence-corrected chi connectivity index (χ0v) is 50.4. The van der Waals surface area contributed by atoms with Crippen molar-refractivity contribution >= 4 is 67.7 Å². The number of fused-ring (bicyclic) bond motifs is 2. The van der Waals surface area contributed by atoms with Crippen LogP contribution < -0.4 is 9.47 Å². The standard InChI is InChI=1S/C30H33F3N2O3Si.C30H33F3N2O2Si.CH2Cl2/c1-19-29(37-19,38-39(5,6)28(2,3)4)24-10-8-7-9-23(24)20-11-16-25-26(17-20)35-27(34-25)18-36-22-14-12-21(13-15-22)30(31,32)33;1-7-27(37-38(5,6)29(2,3)4)24-11-9-8-10-23(24)20-12-17-25-26(18-20)35-28(34-25)19-36-22-15-13-21(14-16-22)30(31,32)33;2-1-3/h7-17,19H,18H2,1-6H3,(H,34,35);7-18H,19H2,1-6H3,(H,34,35);1H2/b;27-7-;. The summed E-state index contributed by atoms with van der Waals surface area (Å²) in [6, 6.07) is 37.6. The van der Waals surface area contributed by atoms with Gasteiger partial charge in [-0.05, 0) is 151 Å². The number of aromatic amines is 2. The van der Waals surface area contributed by atoms with E-state index in [-0.39, 0.29) is 34.7 Å². The topological polar surface area (TPSA) is 107 Å². The summed E-state index contributed by atoms with van der Waals surface area (Å²) < 4.78 is 108. The zero-order valence-electron chi connectivity index (χ0n) is 46.9. The monoisotopic (exact) mass is 1180 g/mol. The summed E-state index contributed by atoms with van der Waals surface area (Å²) in [7, 11) is -4.17. The lowest BCUT2D eigenvalue weighted by molar-refractivity contribution is -0.138. The molecule has 9 nitrogen and oxygen atoms in total. The van der Waals surface area contributed by atoms with E-state index < -0.39 is 45.9 Å². The number of benzene rings is 6. The Balaban J connectivity index is 0.000000220. The first-order valence-corrected chi connectivity index (χ1v) is 32.9. The highest BCUT2D eigenvalue weighted by Crippen LogP contribution is 2.55. The van der Waals surface area contributed by atoms with E-state index in [1.54, 1.807) is 0 Å². The number of aromatic nitrogens is 4. The highest BCUT2D eigenvalue weighted by Gasteiger charge is 2.61. The van der Waals surface area contributed by atoms with Gasteiger partial charge in [0, 0.05) is 11.1 Å². The average molecular weight is 1180 g/mol. The number of alkyl halides is 8. The van der Waals surface area contributed by atoms with Crippen molar-refractivity contribution in [2.24, 2.45) is 0 Å². The summed E-state index contributed by atoms with van der Waals surface area (Å²) >= 11 is 9.53. The summed E-state index contributed by atoms with van der Waals surface area (Å²) in [5, 5.41) is 0.304. The molecule has 0 saturated carbocycles. The third-order valence-electron chi connectivity index (χ3n) is 14.8. The van der Waals surface area contributed by atoms with Crippen LogP contribution in [0.5, 0.6) is 11.5 Å². The van der Waals surface area contributed by atoms with Crippen LogP contribution in [0.15, 0.2) is 140 Å². The van der Waals surface area contributed by atoms with Crippen molar-refractivity contribution in [1.82, 2.24) is 19.9 Å². The molecule has 1 fully saturated rings. The van der Waals surface area contributed by atoms with E-state index in [2.05, 4.69) is 112 Å². The van der Waals surface area contributed by atoms with E-state index in [1.165, 1.54) is 24.3 Å². The van der Waals surface area contributed by atoms with Crippen molar-refractivity contribution in [3.05, 3.63) is 173 Å². The Labute approximate surface area is 476 Å². The minimum atomic E-state index is -4.38. The van der Waals surface area contributed by atoms with Gasteiger partial charge in [0.2, 0.25) is 14.1 Å². The lowest BCUT2D eigenvalue weighted by Gasteiger charge is -2.39. The van der Waals surface area contributed by atoms with E-state index in [0.717, 1.165) is 85.5 Å². The van der Waals surface area contributed by atoms with Crippen LogP contribution in [0, 0.1) is 0 Å². The molecule has 1 saturated heterocycles. The van der Waals surface area contributed by atoms with Gasteiger partial charge in [-0.25, -0.2) is 9.97 Å². The van der Waals surface area contributed by atoms with E-state index in [1.807, 2.05) is 80.6 Å². The molecule has 6 aromatic carbocycles. The summed E-state index contributed by atoms with van der Waals surface area (Å²) in [4.78, 5) is 15.7. The zero-order chi connectivity index (χ0) is 58.6. The Kier molecular flexibility index (Phi) is 18.6. The highest BCUT2D eigenvalue weighted by atomic mass is 35.5. The van der Waals surface area contributed by atoms with Crippen LogP contribution in [0.1, 0.15) is 89.3 Å². The fourth-order valence-electron chi connectivity index (χ4n) is 8.27. The second kappa shape index (κ2) is 24.2. The number of rotatable bonds is 14. The van der Waals surface area contributed by atoms with Gasteiger partial charge in [-0.3, -0.25) is 0 Å². The molecule has 0 spiro atoms. The third kappa shape index (κ3) is 14.5. The smallest absolute Gasteiger partial charge is 0.416 e. The third-order valence-corrected chi connectivity index (χ3v) is 23.5. The van der Waals surface area contributed by atoms with Gasteiger partial charge in [-0.15, -0.1) is 23.2 Å². The molecule has 1 aliphatic rings. The van der Waals surface area contributed by atoms with Crippen molar-refractivity contribution in [3.63, 3.8) is 0 Å². The predicted molar refractivity (Wildman–Crippen MR) is 314 cm³/mol. The fraction of sp³-hybridized carbons (Fsp3) is 0.344. The summed E-state index contributed by atoms with van der Waals surface area (Å²) in [5.41, 5.74) is 7.93. The number of halogens is 8. The number of H-pyrrole nitrogens is 2. The van der Waals surface area contributed by atoms with Crippen molar-refractivity contribution in [2.45, 2.75) is 129 Å². The van der Waals surface area contributed by atoms with Gasteiger partial charge in [-0.1, -0.05) is 102 Å². The number of nitrogens with zero attached hydrogens (tertiary/aromatic N) is 2. The largest absolute Gasteiger partial charge is 0.543 e. The Morgan fingerprint density at radius 2 is 1.02 bits per heavy atom. The number of epoxide rings is 1. The molecule has 0 aliphatic carbocycles. The maximum atomic E-state index is 12.8. The number of hydrogen-bond donors (Lipinski definition) is 2. The van der Waals surface area contributed by atoms with E-state index in [0.29, 0.717) is 23.1 Å². The quantitative estimate of drug-likeness (QED) is 0.0367. The van der Waals surface area contributed by atoms with Gasteiger partial charge >= 0.3 is 12.4 Å². The first kappa shape index (κ1) is 61.5. The van der Waals surface area contributed by atoms with Gasteiger partial charge in [0.1, 0.15) is 48.2 Å². The van der Waals surface area contributed by atoms with Gasteiger partial charge in [0.25, 0.3) is 0 Å². The van der Waals surface area contributed by atoms with E-state index in [9.17, 15) is 26.3 Å². The van der Waals surface area contributed by atoms with Crippen molar-refractivity contribution in [1.29, 1.82) is 0 Å². The number of hydrogen-bond acceptors (Lipinski definition) is 7. The minimum Gasteiger partial charge on any atom is -0.543 e. The molecule has 9 rings (SSSR count). The molecule has 80 heavy (non-hydrogen) atoms. The molecule has 426 valence electrons. The summed E-state index contributed by atoms with van der Waals surface area (Å²) in [5.74, 6) is 1.94. The van der Waals surface area contributed by atoms with Gasteiger partial charge in [0.05, 0.1) is 38.5 Å². The molecule has 3 heterocycles. The maximum absolute atomic E-state index is 12.8. The summed E-state index contributed by atoms with van der Waals surface area (Å²) in [6.45, 7) is 26.5. The first-order valence-electron chi connectivity index (χ1n) is 26.0. The molecule has 2 unspecified atom stereocenters. The van der Waals surface area contributed by atoms with Gasteiger partial charge in [0.15, 0.2) is 8.32 Å². The Hall–Kier alpha value is -6.09. The Morgan fingerprint density at radius 1 is 0.613 bits per heavy atom. The molecule has 2 atom stereocenters. The second-order valence-electron chi connectivity index (χ2n) is 22.4. The molecule has 19 heteroatoms. The lowest BCUT2D eigenvalue weighted by Crippen LogP contribution is -2.45. The van der Waals surface area contributed by atoms with Crippen molar-refractivity contribution in [2.75, 3.05) is 5.34 Å². The molecule has 0 bridgehead atoms. The highest BCUT2D eigenvalue weighted by molar-refractivity contribution is 6.75. The van der Waals surface area contributed by atoms with Crippen LogP contribution in [-0.2, 0) is 44.9 Å². The van der Waals surface area contributed by atoms with Crippen molar-refractivity contribution < 1.29 is 49.4 Å². The molecule has 2 N–H and O–H groups in total. The number of ether oxygens (including phenoxy) is 3. The van der Waals surface area contributed by atoms with Crippen LogP contribution >= 0.6 is 23.2 Å². The average Bonchev–Trinajstić information content (AvgIpc) is 3.74. The molecular weight excluding hydrogens is 1110 g/mol. The first-order chi connectivity index (χ1) is 37.4. The molecule has 2 aromatic heterocycles. The second-order valence-corrected chi connectivity index (χ2v) is 32.7. The Bertz CT molecular complexity index is 3420. The molecule has 1 aliphatic heterocycles. The number of allylic oxidation sites excluding steroid dienone is 1. The van der Waals surface area contributed by atoms with Crippen LogP contribution in [0.4, 0.5) is 26.3 Å². The summed E-state index contributed by atoms with van der Waals surface area (Å²) in [6.07, 6.45) is -6.78. The normalized spacial score (nSPS) is 16.1. The number of nitrogens with one attached hydrogen (secondary N) is 2. The molecule has 0 radical (unpaired) electrons. The van der Waals surface area contributed by atoms with E-state index >= 15 is 0 Å². The fourth-order valence-corrected chi connectivity index (χ4v) is 10.7. The predicted octanol–water partition coefficient (Wildman–Crippen LogP) is 19.1. The van der Waals surface area contributed by atoms with Crippen LogP contribution in [0.3, 0.4) is 0 Å². The molecule has 0 amide bonds. The lowest BCUT2D eigenvalue weighted by atomic mass is 9.94. The number of imidazole rings is 2. The maximum Gasteiger partial charge on any atom is 0.416 e. The van der Waals surface area contributed by atoms with Gasteiger partial charge in [-0.2, -0.15) is 26.3 Å². The molecule has 8 aromatic rings.